The second kappa shape index (κ2) is 10.5. The molecule has 1 aliphatic rings. The molecule has 8 heteroatoms. The van der Waals surface area contributed by atoms with E-state index >= 15 is 0 Å². The minimum absolute atomic E-state index is 0.314. The van der Waals surface area contributed by atoms with Crippen molar-refractivity contribution in [2.45, 2.75) is 67.3 Å². The number of thioether (sulfide) groups is 1. The number of sulfonamides is 1. The van der Waals surface area contributed by atoms with Gasteiger partial charge in [-0.05, 0) is 55.2 Å². The summed E-state index contributed by atoms with van der Waals surface area (Å²) in [6.07, 6.45) is 6.52. The summed E-state index contributed by atoms with van der Waals surface area (Å²) >= 11 is 1.70. The van der Waals surface area contributed by atoms with E-state index < -0.39 is 10.0 Å². The minimum atomic E-state index is -3.52. The fourth-order valence-corrected chi connectivity index (χ4v) is 6.68. The van der Waals surface area contributed by atoms with Crippen LogP contribution in [0.25, 0.3) is 11.0 Å². The van der Waals surface area contributed by atoms with Gasteiger partial charge in [0.25, 0.3) is 0 Å². The van der Waals surface area contributed by atoms with Crippen LogP contribution in [-0.4, -0.2) is 43.0 Å². The van der Waals surface area contributed by atoms with Crippen molar-refractivity contribution in [3.05, 3.63) is 48.0 Å². The highest BCUT2D eigenvalue weighted by molar-refractivity contribution is 7.98. The number of ether oxygens (including phenoxy) is 1. The van der Waals surface area contributed by atoms with Crippen molar-refractivity contribution in [2.24, 2.45) is 0 Å². The third-order valence-corrected chi connectivity index (χ3v) is 9.23. The molecule has 1 aliphatic carbocycles. The fourth-order valence-electron chi connectivity index (χ4n) is 4.43. The quantitative estimate of drug-likeness (QED) is 0.335. The predicted octanol–water partition coefficient (Wildman–Crippen LogP) is 5.87. The summed E-state index contributed by atoms with van der Waals surface area (Å²) in [7, 11) is -0.193. The van der Waals surface area contributed by atoms with E-state index in [1.54, 1.807) is 38.1 Å². The molecule has 178 valence electrons. The highest BCUT2D eigenvalue weighted by Gasteiger charge is 2.25. The molecular formula is C25H33N3O3S2. The Labute approximate surface area is 201 Å². The summed E-state index contributed by atoms with van der Waals surface area (Å²) in [6, 6.07) is 13.9. The summed E-state index contributed by atoms with van der Waals surface area (Å²) < 4.78 is 35.3. The number of aromatic nitrogens is 2. The number of imidazole rings is 1. The Balaban J connectivity index is 1.67. The number of rotatable bonds is 10. The van der Waals surface area contributed by atoms with E-state index in [0.717, 1.165) is 53.4 Å². The maximum Gasteiger partial charge on any atom is 0.242 e. The van der Waals surface area contributed by atoms with Crippen LogP contribution in [0, 0.1) is 0 Å². The number of unbranched alkanes of at least 4 members (excludes halogenated alkanes) is 1. The van der Waals surface area contributed by atoms with Gasteiger partial charge in [0, 0.05) is 25.4 Å². The SMILES string of the molecule is CCCCN(C)S(=O)(=O)c1ccc2c(c1)nc(SCc1cccc(OC)c1)n2C1CCCC1. The van der Waals surface area contributed by atoms with E-state index in [1.807, 2.05) is 24.3 Å². The van der Waals surface area contributed by atoms with Crippen molar-refractivity contribution >= 4 is 32.8 Å². The molecule has 1 heterocycles. The fraction of sp³-hybridized carbons (Fsp3) is 0.480. The average Bonchev–Trinajstić information content (AvgIpc) is 3.48. The topological polar surface area (TPSA) is 64.4 Å². The number of benzene rings is 2. The molecule has 0 N–H and O–H groups in total. The largest absolute Gasteiger partial charge is 0.497 e. The molecule has 33 heavy (non-hydrogen) atoms. The normalized spacial score (nSPS) is 15.0. The molecule has 1 saturated carbocycles. The first-order chi connectivity index (χ1) is 15.9. The summed E-state index contributed by atoms with van der Waals surface area (Å²) in [6.45, 7) is 2.59. The first kappa shape index (κ1) is 24.1. The van der Waals surface area contributed by atoms with Crippen molar-refractivity contribution in [1.82, 2.24) is 13.9 Å². The van der Waals surface area contributed by atoms with Gasteiger partial charge in [-0.1, -0.05) is 50.1 Å². The summed E-state index contributed by atoms with van der Waals surface area (Å²) in [5.74, 6) is 1.62. The molecule has 1 aromatic heterocycles. The van der Waals surface area contributed by atoms with E-state index in [1.165, 1.54) is 22.7 Å². The Bertz CT molecular complexity index is 1200. The molecular weight excluding hydrogens is 454 g/mol. The summed E-state index contributed by atoms with van der Waals surface area (Å²) in [4.78, 5) is 5.24. The van der Waals surface area contributed by atoms with Crippen LogP contribution in [-0.2, 0) is 15.8 Å². The smallest absolute Gasteiger partial charge is 0.242 e. The maximum atomic E-state index is 13.1. The molecule has 1 fully saturated rings. The molecule has 2 aromatic carbocycles. The van der Waals surface area contributed by atoms with Crippen LogP contribution in [0.2, 0.25) is 0 Å². The first-order valence-electron chi connectivity index (χ1n) is 11.7. The molecule has 0 spiro atoms. The Kier molecular flexibility index (Phi) is 7.66. The number of fused-ring (bicyclic) bond motifs is 1. The standard InChI is InChI=1S/C25H33N3O3S2/c1-4-5-15-27(2)33(29,30)22-13-14-24-23(17-22)26-25(28(24)20-10-6-7-11-20)32-18-19-9-8-12-21(16-19)31-3/h8-9,12-14,16-17,20H,4-7,10-11,15,18H2,1-3H3. The molecule has 3 aromatic rings. The lowest BCUT2D eigenvalue weighted by Crippen LogP contribution is -2.27. The second-order valence-corrected chi connectivity index (χ2v) is 11.7. The van der Waals surface area contributed by atoms with E-state index in [2.05, 4.69) is 17.6 Å². The first-order valence-corrected chi connectivity index (χ1v) is 14.1. The Morgan fingerprint density at radius 2 is 1.97 bits per heavy atom. The number of hydrogen-bond donors (Lipinski definition) is 0. The van der Waals surface area contributed by atoms with Gasteiger partial charge < -0.3 is 9.30 Å². The highest BCUT2D eigenvalue weighted by Crippen LogP contribution is 2.38. The zero-order chi connectivity index (χ0) is 23.4. The minimum Gasteiger partial charge on any atom is -0.497 e. The third kappa shape index (κ3) is 5.23. The van der Waals surface area contributed by atoms with Gasteiger partial charge in [0.1, 0.15) is 5.75 Å². The Morgan fingerprint density at radius 3 is 2.70 bits per heavy atom. The lowest BCUT2D eigenvalue weighted by atomic mass is 10.2. The van der Waals surface area contributed by atoms with Crippen molar-refractivity contribution < 1.29 is 13.2 Å². The third-order valence-electron chi connectivity index (χ3n) is 6.36. The Morgan fingerprint density at radius 1 is 1.18 bits per heavy atom. The van der Waals surface area contributed by atoms with E-state index in [4.69, 9.17) is 9.72 Å². The van der Waals surface area contributed by atoms with Crippen LogP contribution < -0.4 is 4.74 Å². The van der Waals surface area contributed by atoms with Crippen LogP contribution in [0.4, 0.5) is 0 Å². The molecule has 0 bridgehead atoms. The molecule has 6 nitrogen and oxygen atoms in total. The summed E-state index contributed by atoms with van der Waals surface area (Å²) in [5, 5.41) is 0.952. The zero-order valence-corrected chi connectivity index (χ0v) is 21.3. The van der Waals surface area contributed by atoms with Gasteiger partial charge >= 0.3 is 0 Å². The van der Waals surface area contributed by atoms with Gasteiger partial charge in [-0.15, -0.1) is 0 Å². The second-order valence-electron chi connectivity index (χ2n) is 8.67. The number of nitrogens with zero attached hydrogens (tertiary/aromatic N) is 3. The van der Waals surface area contributed by atoms with Crippen molar-refractivity contribution in [2.75, 3.05) is 20.7 Å². The van der Waals surface area contributed by atoms with Gasteiger partial charge in [0.05, 0.1) is 23.0 Å². The van der Waals surface area contributed by atoms with Crippen molar-refractivity contribution in [3.8, 4) is 5.75 Å². The van der Waals surface area contributed by atoms with Crippen LogP contribution in [0.15, 0.2) is 52.5 Å². The van der Waals surface area contributed by atoms with Crippen LogP contribution in [0.3, 0.4) is 0 Å². The highest BCUT2D eigenvalue weighted by atomic mass is 32.2. The Hall–Kier alpha value is -2.03. The van der Waals surface area contributed by atoms with Gasteiger partial charge in [-0.25, -0.2) is 17.7 Å². The van der Waals surface area contributed by atoms with E-state index in [9.17, 15) is 8.42 Å². The van der Waals surface area contributed by atoms with Gasteiger partial charge in [0.2, 0.25) is 10.0 Å². The number of hydrogen-bond acceptors (Lipinski definition) is 5. The van der Waals surface area contributed by atoms with Crippen LogP contribution >= 0.6 is 11.8 Å². The molecule has 0 aliphatic heterocycles. The van der Waals surface area contributed by atoms with Gasteiger partial charge in [0.15, 0.2) is 5.16 Å². The van der Waals surface area contributed by atoms with E-state index in [0.29, 0.717) is 17.5 Å². The summed E-state index contributed by atoms with van der Waals surface area (Å²) in [5.41, 5.74) is 2.94. The van der Waals surface area contributed by atoms with Crippen molar-refractivity contribution in [3.63, 3.8) is 0 Å². The molecule has 0 unspecified atom stereocenters. The predicted molar refractivity (Wildman–Crippen MR) is 135 cm³/mol. The van der Waals surface area contributed by atoms with Gasteiger partial charge in [-0.3, -0.25) is 0 Å². The average molecular weight is 488 g/mol. The monoisotopic (exact) mass is 487 g/mol. The van der Waals surface area contributed by atoms with Crippen LogP contribution in [0.5, 0.6) is 5.75 Å². The molecule has 0 saturated heterocycles. The molecule has 0 radical (unpaired) electrons. The van der Waals surface area contributed by atoms with Gasteiger partial charge in [-0.2, -0.15) is 0 Å². The van der Waals surface area contributed by atoms with E-state index in [-0.39, 0.29) is 0 Å². The molecule has 0 amide bonds. The molecule has 4 rings (SSSR count). The lowest BCUT2D eigenvalue weighted by Gasteiger charge is -2.18. The lowest BCUT2D eigenvalue weighted by molar-refractivity contribution is 0.414. The zero-order valence-electron chi connectivity index (χ0n) is 19.7. The number of methoxy groups -OCH3 is 1. The maximum absolute atomic E-state index is 13.1. The molecule has 0 atom stereocenters. The van der Waals surface area contributed by atoms with Crippen LogP contribution in [0.1, 0.15) is 57.1 Å². The van der Waals surface area contributed by atoms with Crippen molar-refractivity contribution in [1.29, 1.82) is 0 Å².